The van der Waals surface area contributed by atoms with Crippen molar-refractivity contribution in [1.29, 1.82) is 0 Å². The van der Waals surface area contributed by atoms with E-state index in [9.17, 15) is 33.5 Å². The van der Waals surface area contributed by atoms with E-state index in [0.717, 1.165) is 25.1 Å². The van der Waals surface area contributed by atoms with Gasteiger partial charge in [0.25, 0.3) is 0 Å². The van der Waals surface area contributed by atoms with Gasteiger partial charge in [-0.2, -0.15) is 0 Å². The molecule has 0 aliphatic heterocycles. The van der Waals surface area contributed by atoms with Crippen LogP contribution in [0.15, 0.2) is 200 Å². The van der Waals surface area contributed by atoms with Gasteiger partial charge in [-0.05, 0) is 139 Å². The lowest BCUT2D eigenvalue weighted by molar-refractivity contribution is 0.0514. The van der Waals surface area contributed by atoms with Gasteiger partial charge in [-0.1, -0.05) is 140 Å². The van der Waals surface area contributed by atoms with Crippen molar-refractivity contribution in [3.05, 3.63) is 192 Å². The summed E-state index contributed by atoms with van der Waals surface area (Å²) in [5.74, 6) is -1.68. The molecule has 21 heteroatoms. The quantitative estimate of drug-likeness (QED) is 0.0102. The van der Waals surface area contributed by atoms with Crippen molar-refractivity contribution < 1.29 is 56.4 Å². The Labute approximate surface area is 496 Å². The zero-order valence-corrected chi connectivity index (χ0v) is 51.9. The molecule has 436 valence electrons. The Balaban J connectivity index is 0.000000425. The minimum Gasteiger partial charge on any atom is -0.411 e. The monoisotopic (exact) mass is 1220 g/mol. The predicted molar refractivity (Wildman–Crippen MR) is 329 cm³/mol. The van der Waals surface area contributed by atoms with E-state index in [1.165, 1.54) is 19.6 Å². The minimum atomic E-state index is -3.68. The van der Waals surface area contributed by atoms with Crippen molar-refractivity contribution in [2.45, 2.75) is 75.0 Å². The van der Waals surface area contributed by atoms with Crippen molar-refractivity contribution >= 4 is 96.7 Å². The molecule has 15 nitrogen and oxygen atoms in total. The molecule has 0 radical (unpaired) electrons. The first-order valence-corrected chi connectivity index (χ1v) is 32.1. The molecule has 0 aromatic heterocycles. The number of hydrogen-bond donors (Lipinski definition) is 1. The normalized spacial score (nSPS) is 11.2. The van der Waals surface area contributed by atoms with Gasteiger partial charge in [-0.15, -0.1) is 23.2 Å². The highest BCUT2D eigenvalue weighted by molar-refractivity contribution is 7.99. The fourth-order valence-corrected chi connectivity index (χ4v) is 11.6. The molecular weight excluding hydrogens is 1150 g/mol. The molecule has 0 atom stereocenters. The molecule has 6 aromatic rings. The van der Waals surface area contributed by atoms with Gasteiger partial charge in [0.05, 0.1) is 49.7 Å². The Bertz CT molecular complexity index is 2880. The number of nitrogens with zero attached hydrogens (tertiary/aromatic N) is 3. The number of oxime groups is 2. The van der Waals surface area contributed by atoms with Gasteiger partial charge in [-0.25, -0.2) is 4.79 Å². The van der Waals surface area contributed by atoms with Crippen LogP contribution < -0.4 is 0 Å². The Morgan fingerprint density at radius 1 is 0.469 bits per heavy atom. The average molecular weight is 1230 g/mol. The van der Waals surface area contributed by atoms with Gasteiger partial charge in [0.2, 0.25) is 11.6 Å². The first kappa shape index (κ1) is 71.6. The van der Waals surface area contributed by atoms with E-state index in [1.807, 2.05) is 115 Å². The number of hydrogen-bond acceptors (Lipinski definition) is 17. The summed E-state index contributed by atoms with van der Waals surface area (Å²) in [7, 11) is -7.22. The zero-order chi connectivity index (χ0) is 59.9. The summed E-state index contributed by atoms with van der Waals surface area (Å²) in [5.41, 5.74) is 1.18. The second kappa shape index (κ2) is 41.5. The van der Waals surface area contributed by atoms with Crippen molar-refractivity contribution in [3.63, 3.8) is 0 Å². The van der Waals surface area contributed by atoms with Crippen LogP contribution in [0, 0.1) is 0 Å². The van der Waals surface area contributed by atoms with E-state index >= 15 is 0 Å². The molecule has 0 bridgehead atoms. The average Bonchev–Trinajstić information content (AvgIpc) is 3.50. The fraction of sp³-hybridized carbons (Fsp3) is 0.300. The summed E-state index contributed by atoms with van der Waals surface area (Å²) in [6.07, 6.45) is -0.819. The van der Waals surface area contributed by atoms with Crippen LogP contribution in [0.3, 0.4) is 0 Å². The van der Waals surface area contributed by atoms with Gasteiger partial charge < -0.3 is 33.0 Å². The molecule has 0 aliphatic carbocycles. The molecule has 0 saturated carbocycles. The van der Waals surface area contributed by atoms with Crippen molar-refractivity contribution in [2.75, 3.05) is 63.7 Å². The Morgan fingerprint density at radius 2 is 0.778 bits per heavy atom. The van der Waals surface area contributed by atoms with E-state index in [4.69, 9.17) is 46.1 Å². The highest BCUT2D eigenvalue weighted by Crippen LogP contribution is 2.49. The maximum atomic E-state index is 13.3. The van der Waals surface area contributed by atoms with Crippen LogP contribution in [0.25, 0.3) is 0 Å². The highest BCUT2D eigenvalue weighted by Gasteiger charge is 2.32. The Kier molecular flexibility index (Phi) is 36.6. The topological polar surface area (TPSA) is 197 Å². The Hall–Kier alpha value is -5.52. The molecular formula is C60H73Cl2N3O12P2S2. The smallest absolute Gasteiger partial charge is 0.365 e. The van der Waals surface area contributed by atoms with E-state index < -0.39 is 38.9 Å². The van der Waals surface area contributed by atoms with Crippen LogP contribution in [-0.2, 0) is 32.1 Å². The van der Waals surface area contributed by atoms with Gasteiger partial charge in [0.15, 0.2) is 5.78 Å². The summed E-state index contributed by atoms with van der Waals surface area (Å²) in [4.78, 5) is 60.4. The van der Waals surface area contributed by atoms with Crippen molar-refractivity contribution in [1.82, 2.24) is 4.90 Å². The van der Waals surface area contributed by atoms with Gasteiger partial charge in [0.1, 0.15) is 11.4 Å². The zero-order valence-electron chi connectivity index (χ0n) is 47.0. The largest absolute Gasteiger partial charge is 0.411 e. The SMILES string of the molecule is CC(=O)c1ccccc1.CCN(CC)CC.CCOP(=O)(C/C(=N\O)C(=O)c1ccc(Sc2ccccc2)cc1)OCC.CCOP(=O)(C/C(=N\OC(=O)c1ccccc1)C(=O)c1ccc(Sc2ccccc2)cc1)OCC.ClCCl. The molecule has 81 heavy (non-hydrogen) atoms. The van der Waals surface area contributed by atoms with Crippen LogP contribution in [0.1, 0.15) is 96.8 Å². The maximum Gasteiger partial charge on any atom is 0.365 e. The molecule has 6 aromatic carbocycles. The second-order valence-electron chi connectivity index (χ2n) is 16.2. The molecule has 0 fully saturated rings. The molecule has 6 rings (SSSR count). The molecule has 0 amide bonds. The second-order valence-corrected chi connectivity index (χ2v) is 23.4. The summed E-state index contributed by atoms with van der Waals surface area (Å²) < 4.78 is 46.7. The van der Waals surface area contributed by atoms with E-state index in [0.29, 0.717) is 11.1 Å². The maximum absolute atomic E-state index is 13.3. The van der Waals surface area contributed by atoms with E-state index in [-0.39, 0.29) is 60.7 Å². The van der Waals surface area contributed by atoms with Crippen molar-refractivity contribution in [3.8, 4) is 0 Å². The third kappa shape index (κ3) is 28.3. The number of Topliss-reactive ketones (excluding diaryl/α,β-unsaturated/α-hetero) is 3. The first-order valence-electron chi connectivity index (χ1n) is 26.0. The van der Waals surface area contributed by atoms with Crippen molar-refractivity contribution in [2.24, 2.45) is 10.3 Å². The standard InChI is InChI=1S/C26H26NO6PS.C19H22NO5PS.C8H8O.C6H15N.CH2Cl2/c1-3-31-34(30,32-4-2)19-24(27-33-26(29)21-11-7-5-8-12-21)25(28)20-15-17-23(18-16-20)35-22-13-9-6-10-14-22;1-3-24-26(23,25-4-2)14-18(20-22)19(21)15-10-12-17(13-11-15)27-16-8-6-5-7-9-16;1-7(9)8-5-3-2-4-6-8;1-4-7(5-2)6-3;2-1-3/h5-18H,3-4,19H2,1-2H3;5-13,22H,3-4,14H2,1-2H3;2-6H,1H3;4-6H2,1-3H3;1H2/b27-24+;20-18+;;;. The van der Waals surface area contributed by atoms with Crippen LogP contribution >= 0.6 is 61.9 Å². The molecule has 0 spiro atoms. The predicted octanol–water partition coefficient (Wildman–Crippen LogP) is 16.3. The first-order chi connectivity index (χ1) is 39.0. The molecule has 0 heterocycles. The number of carbonyl (C=O) groups excluding carboxylic acids is 4. The lowest BCUT2D eigenvalue weighted by Gasteiger charge is -2.17. The summed E-state index contributed by atoms with van der Waals surface area (Å²) in [5, 5.41) is 16.3. The number of halogens is 2. The van der Waals surface area contributed by atoms with Crippen LogP contribution in [0.4, 0.5) is 0 Å². The molecule has 0 saturated heterocycles. The lowest BCUT2D eigenvalue weighted by Crippen LogP contribution is -2.21. The number of rotatable bonds is 26. The minimum absolute atomic E-state index is 0.119. The Morgan fingerprint density at radius 3 is 1.07 bits per heavy atom. The number of alkyl halides is 2. The molecule has 1 N–H and O–H groups in total. The van der Waals surface area contributed by atoms with Crippen LogP contribution in [0.2, 0.25) is 0 Å². The van der Waals surface area contributed by atoms with Crippen LogP contribution in [-0.4, -0.2) is 109 Å². The lowest BCUT2D eigenvalue weighted by atomic mass is 10.1. The summed E-state index contributed by atoms with van der Waals surface area (Å²) in [6.45, 7) is 18.9. The third-order valence-corrected chi connectivity index (χ3v) is 16.6. The van der Waals surface area contributed by atoms with E-state index in [2.05, 4.69) is 36.0 Å². The van der Waals surface area contributed by atoms with Crippen LogP contribution in [0.5, 0.6) is 0 Å². The molecule has 0 unspecified atom stereocenters. The van der Waals surface area contributed by atoms with E-state index in [1.54, 1.807) is 113 Å². The number of ketones is 3. The van der Waals surface area contributed by atoms with Gasteiger partial charge in [-0.3, -0.25) is 23.5 Å². The highest BCUT2D eigenvalue weighted by atomic mass is 35.5. The van der Waals surface area contributed by atoms with Gasteiger partial charge >= 0.3 is 21.2 Å². The van der Waals surface area contributed by atoms with Gasteiger partial charge in [0, 0.05) is 36.3 Å². The molecule has 0 aliphatic rings. The summed E-state index contributed by atoms with van der Waals surface area (Å²) in [6, 6.07) is 51.0. The third-order valence-electron chi connectivity index (χ3n) is 10.6. The number of benzene rings is 6. The fourth-order valence-electron chi connectivity index (χ4n) is 6.70. The summed E-state index contributed by atoms with van der Waals surface area (Å²) >= 11 is 12.7. The number of carbonyl (C=O) groups is 4.